The lowest BCUT2D eigenvalue weighted by Gasteiger charge is -2.11. The fraction of sp³-hybridized carbons (Fsp3) is 0.429. The summed E-state index contributed by atoms with van der Waals surface area (Å²) >= 11 is 0. The van der Waals surface area contributed by atoms with E-state index < -0.39 is 0 Å². The van der Waals surface area contributed by atoms with Crippen LogP contribution in [0.5, 0.6) is 11.5 Å². The van der Waals surface area contributed by atoms with E-state index in [-0.39, 0.29) is 5.91 Å². The van der Waals surface area contributed by atoms with Gasteiger partial charge in [-0.3, -0.25) is 4.79 Å². The van der Waals surface area contributed by atoms with E-state index in [0.29, 0.717) is 30.6 Å². The summed E-state index contributed by atoms with van der Waals surface area (Å²) < 4.78 is 16.4. The summed E-state index contributed by atoms with van der Waals surface area (Å²) in [6, 6.07) is 5.54. The average Bonchev–Trinajstić information content (AvgIpc) is 2.96. The van der Waals surface area contributed by atoms with Crippen LogP contribution in [0.15, 0.2) is 28.8 Å². The topological polar surface area (TPSA) is 73.6 Å². The molecule has 6 heteroatoms. The van der Waals surface area contributed by atoms with Gasteiger partial charge < -0.3 is 19.3 Å². The summed E-state index contributed by atoms with van der Waals surface area (Å²) in [6.07, 6.45) is 4.25. The van der Waals surface area contributed by atoms with Crippen molar-refractivity contribution in [1.82, 2.24) is 10.5 Å². The van der Waals surface area contributed by atoms with Gasteiger partial charge in [-0.1, -0.05) is 25.1 Å². The van der Waals surface area contributed by atoms with E-state index in [0.717, 1.165) is 29.0 Å². The second-order valence-corrected chi connectivity index (χ2v) is 6.81. The van der Waals surface area contributed by atoms with Crippen molar-refractivity contribution in [2.45, 2.75) is 40.7 Å². The van der Waals surface area contributed by atoms with E-state index in [9.17, 15) is 4.79 Å². The number of aromatic nitrogens is 1. The van der Waals surface area contributed by atoms with Crippen LogP contribution in [-0.4, -0.2) is 24.7 Å². The minimum absolute atomic E-state index is 0.103. The zero-order valence-corrected chi connectivity index (χ0v) is 16.7. The van der Waals surface area contributed by atoms with Gasteiger partial charge in [-0.2, -0.15) is 0 Å². The fourth-order valence-electron chi connectivity index (χ4n) is 2.48. The highest BCUT2D eigenvalue weighted by atomic mass is 16.5. The minimum Gasteiger partial charge on any atom is -0.493 e. The van der Waals surface area contributed by atoms with Crippen molar-refractivity contribution in [2.75, 3.05) is 13.7 Å². The van der Waals surface area contributed by atoms with E-state index in [1.807, 2.05) is 32.0 Å². The summed E-state index contributed by atoms with van der Waals surface area (Å²) in [4.78, 5) is 11.8. The van der Waals surface area contributed by atoms with Crippen molar-refractivity contribution in [3.05, 3.63) is 46.9 Å². The summed E-state index contributed by atoms with van der Waals surface area (Å²) in [5.41, 5.74) is 2.60. The molecule has 1 heterocycles. The number of nitrogens with one attached hydrogen (secondary N) is 1. The van der Waals surface area contributed by atoms with E-state index in [2.05, 4.69) is 24.3 Å². The van der Waals surface area contributed by atoms with Crippen LogP contribution >= 0.6 is 0 Å². The van der Waals surface area contributed by atoms with Crippen molar-refractivity contribution in [3.63, 3.8) is 0 Å². The number of carbonyl (C=O) groups is 1. The van der Waals surface area contributed by atoms with Gasteiger partial charge in [-0.25, -0.2) is 0 Å². The molecule has 27 heavy (non-hydrogen) atoms. The van der Waals surface area contributed by atoms with Gasteiger partial charge in [0.15, 0.2) is 11.5 Å². The molecule has 0 atom stereocenters. The Kier molecular flexibility index (Phi) is 7.46. The van der Waals surface area contributed by atoms with Gasteiger partial charge in [0.05, 0.1) is 18.4 Å². The quantitative estimate of drug-likeness (QED) is 0.672. The van der Waals surface area contributed by atoms with Crippen molar-refractivity contribution < 1.29 is 18.8 Å². The normalized spacial score (nSPS) is 11.2. The van der Waals surface area contributed by atoms with Crippen LogP contribution < -0.4 is 14.8 Å². The molecule has 6 nitrogen and oxygen atoms in total. The third kappa shape index (κ3) is 6.16. The molecule has 0 aliphatic heterocycles. The van der Waals surface area contributed by atoms with E-state index >= 15 is 0 Å². The van der Waals surface area contributed by atoms with Crippen LogP contribution in [0.3, 0.4) is 0 Å². The molecule has 0 saturated carbocycles. The third-order valence-corrected chi connectivity index (χ3v) is 4.19. The maximum absolute atomic E-state index is 11.8. The summed E-state index contributed by atoms with van der Waals surface area (Å²) in [5, 5.41) is 6.80. The van der Waals surface area contributed by atoms with Gasteiger partial charge in [0, 0.05) is 12.6 Å². The van der Waals surface area contributed by atoms with Crippen molar-refractivity contribution in [2.24, 2.45) is 5.92 Å². The zero-order chi connectivity index (χ0) is 19.8. The molecule has 0 spiro atoms. The molecule has 0 saturated heterocycles. The Labute approximate surface area is 160 Å². The molecule has 0 fully saturated rings. The van der Waals surface area contributed by atoms with Crippen LogP contribution in [0, 0.1) is 19.8 Å². The minimum atomic E-state index is -0.103. The molecule has 0 bridgehead atoms. The number of rotatable bonds is 9. The molecule has 2 aromatic rings. The Morgan fingerprint density at radius 3 is 2.70 bits per heavy atom. The highest BCUT2D eigenvalue weighted by Crippen LogP contribution is 2.30. The lowest BCUT2D eigenvalue weighted by molar-refractivity contribution is -0.116. The number of methoxy groups -OCH3 is 1. The average molecular weight is 372 g/mol. The van der Waals surface area contributed by atoms with Crippen LogP contribution in [0.25, 0.3) is 6.08 Å². The van der Waals surface area contributed by atoms with E-state index in [1.165, 1.54) is 6.08 Å². The van der Waals surface area contributed by atoms with Gasteiger partial charge in [0.2, 0.25) is 5.91 Å². The molecular formula is C21H28N2O4. The van der Waals surface area contributed by atoms with E-state index in [1.54, 1.807) is 13.2 Å². The molecule has 1 aromatic heterocycles. The van der Waals surface area contributed by atoms with Crippen molar-refractivity contribution in [1.29, 1.82) is 0 Å². The molecule has 146 valence electrons. The second kappa shape index (κ2) is 9.80. The standard InChI is InChI=1S/C21H28N2O4/c1-14(2)10-11-22-21(24)9-7-17-6-8-19(20(12-17)25-5)26-13-18-15(3)23-27-16(18)4/h6-9,12,14H,10-11,13H2,1-5H3,(H,22,24). The van der Waals surface area contributed by atoms with Crippen molar-refractivity contribution >= 4 is 12.0 Å². The van der Waals surface area contributed by atoms with E-state index in [4.69, 9.17) is 14.0 Å². The molecule has 1 aromatic carbocycles. The Morgan fingerprint density at radius 1 is 1.30 bits per heavy atom. The number of nitrogens with zero attached hydrogens (tertiary/aromatic N) is 1. The Bertz CT molecular complexity index is 774. The SMILES string of the molecule is COc1cc(C=CC(=O)NCCC(C)C)ccc1OCc1c(C)noc1C. The first-order valence-corrected chi connectivity index (χ1v) is 9.09. The largest absolute Gasteiger partial charge is 0.493 e. The molecule has 0 unspecified atom stereocenters. The Morgan fingerprint density at radius 2 is 2.07 bits per heavy atom. The molecule has 0 aliphatic rings. The highest BCUT2D eigenvalue weighted by Gasteiger charge is 2.11. The zero-order valence-electron chi connectivity index (χ0n) is 16.7. The molecule has 0 aliphatic carbocycles. The van der Waals surface area contributed by atoms with Gasteiger partial charge in [-0.05, 0) is 50.0 Å². The predicted octanol–water partition coefficient (Wildman–Crippen LogP) is 4.05. The number of hydrogen-bond donors (Lipinski definition) is 1. The molecular weight excluding hydrogens is 344 g/mol. The first-order valence-electron chi connectivity index (χ1n) is 9.09. The van der Waals surface area contributed by atoms with Gasteiger partial charge >= 0.3 is 0 Å². The second-order valence-electron chi connectivity index (χ2n) is 6.81. The van der Waals surface area contributed by atoms with Crippen LogP contribution in [0.2, 0.25) is 0 Å². The third-order valence-electron chi connectivity index (χ3n) is 4.19. The van der Waals surface area contributed by atoms with Gasteiger partial charge in [0.25, 0.3) is 0 Å². The lowest BCUT2D eigenvalue weighted by atomic mass is 10.1. The maximum atomic E-state index is 11.8. The van der Waals surface area contributed by atoms with Crippen LogP contribution in [0.1, 0.15) is 42.8 Å². The van der Waals surface area contributed by atoms with Crippen molar-refractivity contribution in [3.8, 4) is 11.5 Å². The first-order chi connectivity index (χ1) is 12.9. The number of ether oxygens (including phenoxy) is 2. The lowest BCUT2D eigenvalue weighted by Crippen LogP contribution is -2.23. The fourth-order valence-corrected chi connectivity index (χ4v) is 2.48. The summed E-state index contributed by atoms with van der Waals surface area (Å²) in [5.74, 6) is 2.43. The Hall–Kier alpha value is -2.76. The maximum Gasteiger partial charge on any atom is 0.243 e. The van der Waals surface area contributed by atoms with Crippen LogP contribution in [0.4, 0.5) is 0 Å². The number of carbonyl (C=O) groups excluding carboxylic acids is 1. The number of amides is 1. The summed E-state index contributed by atoms with van der Waals surface area (Å²) in [6.45, 7) is 9.03. The number of benzene rings is 1. The number of hydrogen-bond acceptors (Lipinski definition) is 5. The first kappa shape index (κ1) is 20.6. The molecule has 2 rings (SSSR count). The highest BCUT2D eigenvalue weighted by molar-refractivity contribution is 5.91. The van der Waals surface area contributed by atoms with Gasteiger partial charge in [0.1, 0.15) is 12.4 Å². The molecule has 1 amide bonds. The number of aryl methyl sites for hydroxylation is 2. The monoisotopic (exact) mass is 372 g/mol. The Balaban J connectivity index is 1.98. The predicted molar refractivity (Wildman–Crippen MR) is 105 cm³/mol. The van der Waals surface area contributed by atoms with Crippen LogP contribution in [-0.2, 0) is 11.4 Å². The molecule has 0 radical (unpaired) electrons. The van der Waals surface area contributed by atoms with Gasteiger partial charge in [-0.15, -0.1) is 0 Å². The molecule has 1 N–H and O–H groups in total. The summed E-state index contributed by atoms with van der Waals surface area (Å²) in [7, 11) is 1.59. The smallest absolute Gasteiger partial charge is 0.243 e.